The summed E-state index contributed by atoms with van der Waals surface area (Å²) in [6, 6.07) is -0.331. The molecule has 1 rings (SSSR count). The Hall–Kier alpha value is -1.71. The van der Waals surface area contributed by atoms with Gasteiger partial charge in [-0.3, -0.25) is 0 Å². The van der Waals surface area contributed by atoms with Gasteiger partial charge in [-0.05, 0) is 12.1 Å². The van der Waals surface area contributed by atoms with Crippen LogP contribution in [0.1, 0.15) is 10.4 Å². The average Bonchev–Trinajstić information content (AvgIpc) is 2.17. The van der Waals surface area contributed by atoms with E-state index in [1.807, 2.05) is 0 Å². The van der Waals surface area contributed by atoms with Crippen LogP contribution in [0.2, 0.25) is 0 Å². The maximum Gasteiger partial charge on any atom is 0.341 e. The zero-order chi connectivity index (χ0) is 14.4. The van der Waals surface area contributed by atoms with Gasteiger partial charge in [0.2, 0.25) is 0 Å². The minimum absolute atomic E-state index is 0.136. The van der Waals surface area contributed by atoms with Crippen LogP contribution in [0.5, 0.6) is 5.75 Å². The van der Waals surface area contributed by atoms with Gasteiger partial charge in [-0.25, -0.2) is 4.79 Å². The number of methoxy groups -OCH3 is 1. The van der Waals surface area contributed by atoms with Crippen LogP contribution < -0.4 is 5.73 Å². The summed E-state index contributed by atoms with van der Waals surface area (Å²) in [5.41, 5.74) is 2.87. The topological polar surface area (TPSA) is 72.5 Å². The number of carbonyl (C=O) groups excluding carboxylic acids is 1. The van der Waals surface area contributed by atoms with E-state index < -0.39 is 38.1 Å². The van der Waals surface area contributed by atoms with Crippen molar-refractivity contribution in [1.29, 1.82) is 0 Å². The van der Waals surface area contributed by atoms with Crippen LogP contribution in [0.4, 0.5) is 25.1 Å². The number of aromatic hydroxyl groups is 1. The van der Waals surface area contributed by atoms with Crippen LogP contribution in [0.15, 0.2) is 17.0 Å². The number of hydrogen-bond acceptors (Lipinski definition) is 4. The standard InChI is InChI=1S/C8H8F5NO3S/c1-17-8(16)5-2-4(3-6(14)7(5)15)18(9,10,11,12)13/h2-3,15H,14H2,1H3. The fourth-order valence-corrected chi connectivity index (χ4v) is 1.81. The summed E-state index contributed by atoms with van der Waals surface area (Å²) >= 11 is 0. The number of hydrogen-bond donors (Lipinski definition) is 2. The van der Waals surface area contributed by atoms with E-state index >= 15 is 0 Å². The molecule has 0 spiro atoms. The molecule has 0 aliphatic carbocycles. The lowest BCUT2D eigenvalue weighted by molar-refractivity contribution is 0.0597. The van der Waals surface area contributed by atoms with Gasteiger partial charge in [0.1, 0.15) is 10.5 Å². The Morgan fingerprint density at radius 3 is 2.17 bits per heavy atom. The number of benzene rings is 1. The van der Waals surface area contributed by atoms with Crippen molar-refractivity contribution in [3.05, 3.63) is 17.7 Å². The first kappa shape index (κ1) is 14.4. The number of anilines is 1. The number of phenols is 1. The first-order valence-electron chi connectivity index (χ1n) is 4.21. The highest BCUT2D eigenvalue weighted by Crippen LogP contribution is 3.02. The number of nitrogen functional groups attached to an aromatic ring is 1. The fourth-order valence-electron chi connectivity index (χ4n) is 1.12. The maximum absolute atomic E-state index is 12.5. The van der Waals surface area contributed by atoms with Gasteiger partial charge in [0.15, 0.2) is 5.75 Å². The molecule has 4 nitrogen and oxygen atoms in total. The van der Waals surface area contributed by atoms with Crippen LogP contribution in [0, 0.1) is 0 Å². The van der Waals surface area contributed by atoms with Crippen LogP contribution >= 0.6 is 10.2 Å². The Balaban J connectivity index is 3.64. The number of halogens is 5. The molecule has 0 fully saturated rings. The molecule has 104 valence electrons. The van der Waals surface area contributed by atoms with Gasteiger partial charge in [-0.15, -0.1) is 0 Å². The lowest BCUT2D eigenvalue weighted by atomic mass is 10.2. The smallest absolute Gasteiger partial charge is 0.341 e. The van der Waals surface area contributed by atoms with Crippen LogP contribution in [-0.4, -0.2) is 18.2 Å². The van der Waals surface area contributed by atoms with Gasteiger partial charge in [-0.2, -0.15) is 0 Å². The second-order valence-corrected chi connectivity index (χ2v) is 5.78. The Morgan fingerprint density at radius 1 is 1.28 bits per heavy atom. The van der Waals surface area contributed by atoms with Crippen LogP contribution in [-0.2, 0) is 4.74 Å². The molecule has 0 heterocycles. The zero-order valence-corrected chi connectivity index (χ0v) is 9.61. The van der Waals surface area contributed by atoms with E-state index in [-0.39, 0.29) is 12.1 Å². The molecule has 10 heteroatoms. The number of ether oxygens (including phenoxy) is 1. The van der Waals surface area contributed by atoms with Gasteiger partial charge >= 0.3 is 16.2 Å². The molecule has 0 saturated carbocycles. The van der Waals surface area contributed by atoms with Crippen LogP contribution in [0.25, 0.3) is 0 Å². The highest BCUT2D eigenvalue weighted by molar-refractivity contribution is 8.45. The summed E-state index contributed by atoms with van der Waals surface area (Å²) in [5, 5.41) is 9.23. The molecule has 1 aromatic rings. The van der Waals surface area contributed by atoms with E-state index in [9.17, 15) is 29.3 Å². The SMILES string of the molecule is COC(=O)c1cc(S(F)(F)(F)(F)F)cc(N)c1O. The van der Waals surface area contributed by atoms with Gasteiger partial charge in [0.25, 0.3) is 0 Å². The average molecular weight is 293 g/mol. The second kappa shape index (κ2) is 3.19. The molecule has 0 aliphatic heterocycles. The maximum atomic E-state index is 12.5. The van der Waals surface area contributed by atoms with Gasteiger partial charge < -0.3 is 15.6 Å². The van der Waals surface area contributed by atoms with Gasteiger partial charge in [0.05, 0.1) is 12.8 Å². The Bertz CT molecular complexity index is 527. The predicted molar refractivity (Wildman–Crippen MR) is 55.3 cm³/mol. The molecular weight excluding hydrogens is 285 g/mol. The fraction of sp³-hybridized carbons (Fsp3) is 0.125. The Kier molecular flexibility index (Phi) is 2.54. The lowest BCUT2D eigenvalue weighted by Gasteiger charge is -2.40. The normalized spacial score (nSPS) is 15.7. The van der Waals surface area contributed by atoms with Crippen molar-refractivity contribution in [2.24, 2.45) is 0 Å². The second-order valence-electron chi connectivity index (χ2n) is 3.37. The number of carbonyl (C=O) groups is 1. The van der Waals surface area contributed by atoms with E-state index in [1.54, 1.807) is 0 Å². The zero-order valence-electron chi connectivity index (χ0n) is 8.79. The molecule has 0 saturated heterocycles. The van der Waals surface area contributed by atoms with Crippen molar-refractivity contribution >= 4 is 21.9 Å². The largest absolute Gasteiger partial charge is 0.505 e. The summed E-state index contributed by atoms with van der Waals surface area (Å²) in [7, 11) is -9.18. The number of phenolic OH excluding ortho intramolecular Hbond substituents is 1. The summed E-state index contributed by atoms with van der Waals surface area (Å²) in [4.78, 5) is 8.67. The molecule has 3 N–H and O–H groups in total. The summed E-state index contributed by atoms with van der Waals surface area (Å²) < 4.78 is 66.6. The Morgan fingerprint density at radius 2 is 1.78 bits per heavy atom. The van der Waals surface area contributed by atoms with Crippen molar-refractivity contribution in [3.8, 4) is 5.75 Å². The molecule has 18 heavy (non-hydrogen) atoms. The quantitative estimate of drug-likeness (QED) is 0.379. The molecule has 0 atom stereocenters. The summed E-state index contributed by atoms with van der Waals surface area (Å²) in [6.07, 6.45) is 0. The van der Waals surface area contributed by atoms with Crippen molar-refractivity contribution in [2.75, 3.05) is 12.8 Å². The van der Waals surface area contributed by atoms with Crippen molar-refractivity contribution < 1.29 is 34.1 Å². The molecule has 0 aliphatic rings. The van der Waals surface area contributed by atoms with Crippen molar-refractivity contribution in [1.82, 2.24) is 0 Å². The van der Waals surface area contributed by atoms with Gasteiger partial charge in [0, 0.05) is 0 Å². The number of rotatable bonds is 2. The van der Waals surface area contributed by atoms with Crippen LogP contribution in [0.3, 0.4) is 0 Å². The number of esters is 1. The summed E-state index contributed by atoms with van der Waals surface area (Å²) in [6.45, 7) is 0. The van der Waals surface area contributed by atoms with Crippen molar-refractivity contribution in [3.63, 3.8) is 0 Å². The van der Waals surface area contributed by atoms with E-state index in [0.717, 1.165) is 7.11 Å². The predicted octanol–water partition coefficient (Wildman–Crippen LogP) is 3.42. The van der Waals surface area contributed by atoms with E-state index in [4.69, 9.17) is 5.73 Å². The molecule has 0 unspecified atom stereocenters. The number of nitrogens with two attached hydrogens (primary N) is 1. The molecular formula is C8H8F5NO3S. The highest BCUT2D eigenvalue weighted by atomic mass is 32.5. The summed E-state index contributed by atoms with van der Waals surface area (Å²) in [5.74, 6) is -2.46. The highest BCUT2D eigenvalue weighted by Gasteiger charge is 2.65. The first-order chi connectivity index (χ1) is 7.76. The third kappa shape index (κ3) is 2.75. The first-order valence-corrected chi connectivity index (χ1v) is 6.16. The molecule has 0 radical (unpaired) electrons. The van der Waals surface area contributed by atoms with E-state index in [0.29, 0.717) is 0 Å². The third-order valence-electron chi connectivity index (χ3n) is 1.96. The molecule has 0 amide bonds. The monoisotopic (exact) mass is 293 g/mol. The Labute approximate surface area is 97.9 Å². The van der Waals surface area contributed by atoms with Crippen molar-refractivity contribution in [2.45, 2.75) is 4.90 Å². The van der Waals surface area contributed by atoms with E-state index in [2.05, 4.69) is 4.74 Å². The lowest BCUT2D eigenvalue weighted by Crippen LogP contribution is -2.10. The van der Waals surface area contributed by atoms with E-state index in [1.165, 1.54) is 0 Å². The van der Waals surface area contributed by atoms with Gasteiger partial charge in [-0.1, -0.05) is 19.4 Å². The third-order valence-corrected chi connectivity index (χ3v) is 3.09. The minimum atomic E-state index is -9.99. The molecule has 0 aromatic heterocycles. The molecule has 1 aromatic carbocycles. The minimum Gasteiger partial charge on any atom is -0.505 e. The molecule has 0 bridgehead atoms.